The molecule has 0 unspecified atom stereocenters. The van der Waals surface area contributed by atoms with Crippen molar-refractivity contribution in [1.29, 1.82) is 0 Å². The van der Waals surface area contributed by atoms with Gasteiger partial charge in [-0.25, -0.2) is 4.79 Å². The highest BCUT2D eigenvalue weighted by Gasteiger charge is 2.35. The SMILES string of the molecule is CNC1CCC(Nc2cc(OC3CN(C(=O)OC(C)(C)C)C3)cc(C)c2C)CC1. The Labute approximate surface area is 175 Å². The number of benzene rings is 1. The van der Waals surface area contributed by atoms with E-state index in [4.69, 9.17) is 9.47 Å². The quantitative estimate of drug-likeness (QED) is 0.770. The summed E-state index contributed by atoms with van der Waals surface area (Å²) in [7, 11) is 2.05. The van der Waals surface area contributed by atoms with Crippen molar-refractivity contribution in [1.82, 2.24) is 10.2 Å². The third kappa shape index (κ3) is 5.78. The van der Waals surface area contributed by atoms with E-state index in [1.165, 1.54) is 36.8 Å². The molecule has 1 amide bonds. The lowest BCUT2D eigenvalue weighted by molar-refractivity contribution is -0.0221. The fourth-order valence-electron chi connectivity index (χ4n) is 3.97. The van der Waals surface area contributed by atoms with Gasteiger partial charge in [-0.2, -0.15) is 0 Å². The molecule has 29 heavy (non-hydrogen) atoms. The zero-order valence-electron chi connectivity index (χ0n) is 18.8. The number of likely N-dealkylation sites (tertiary alicyclic amines) is 1. The first kappa shape index (κ1) is 21.8. The van der Waals surface area contributed by atoms with Crippen molar-refractivity contribution >= 4 is 11.8 Å². The maximum atomic E-state index is 12.1. The highest BCUT2D eigenvalue weighted by Crippen LogP contribution is 2.31. The number of hydrogen-bond acceptors (Lipinski definition) is 5. The predicted molar refractivity (Wildman–Crippen MR) is 117 cm³/mol. The van der Waals surface area contributed by atoms with Crippen LogP contribution in [0.4, 0.5) is 10.5 Å². The zero-order chi connectivity index (χ0) is 21.2. The molecule has 0 spiro atoms. The summed E-state index contributed by atoms with van der Waals surface area (Å²) in [4.78, 5) is 13.8. The van der Waals surface area contributed by atoms with Crippen LogP contribution in [0.2, 0.25) is 0 Å². The number of rotatable bonds is 5. The van der Waals surface area contributed by atoms with Gasteiger partial charge < -0.3 is 25.0 Å². The summed E-state index contributed by atoms with van der Waals surface area (Å²) in [5, 5.41) is 7.14. The first-order valence-electron chi connectivity index (χ1n) is 10.8. The molecule has 0 atom stereocenters. The molecule has 1 saturated carbocycles. The highest BCUT2D eigenvalue weighted by atomic mass is 16.6. The Kier molecular flexibility index (Phi) is 6.62. The second-order valence-corrected chi connectivity index (χ2v) is 9.52. The second-order valence-electron chi connectivity index (χ2n) is 9.52. The van der Waals surface area contributed by atoms with E-state index in [0.717, 1.165) is 11.4 Å². The Morgan fingerprint density at radius 3 is 2.28 bits per heavy atom. The van der Waals surface area contributed by atoms with Gasteiger partial charge in [0.25, 0.3) is 0 Å². The lowest BCUT2D eigenvalue weighted by atomic mass is 9.91. The Hall–Kier alpha value is -1.95. The van der Waals surface area contributed by atoms with Crippen molar-refractivity contribution in [2.24, 2.45) is 0 Å². The molecule has 0 bridgehead atoms. The standard InChI is InChI=1S/C23H37N3O3/c1-15-11-19(28-20-13-26(14-20)22(27)29-23(3,4)5)12-21(16(15)2)25-18-9-7-17(24-6)8-10-18/h11-12,17-18,20,24-25H,7-10,13-14H2,1-6H3. The molecule has 0 radical (unpaired) electrons. The molecule has 2 N–H and O–H groups in total. The molecule has 0 aromatic heterocycles. The molecule has 162 valence electrons. The molecule has 1 aliphatic heterocycles. The predicted octanol–water partition coefficient (Wildman–Crippen LogP) is 4.24. The molecule has 2 fully saturated rings. The van der Waals surface area contributed by atoms with Gasteiger partial charge in [-0.1, -0.05) is 0 Å². The van der Waals surface area contributed by atoms with E-state index in [9.17, 15) is 4.79 Å². The molecule has 1 aliphatic carbocycles. The van der Waals surface area contributed by atoms with Crippen LogP contribution in [0.1, 0.15) is 57.6 Å². The first-order valence-corrected chi connectivity index (χ1v) is 10.8. The van der Waals surface area contributed by atoms with Crippen LogP contribution in [0.3, 0.4) is 0 Å². The van der Waals surface area contributed by atoms with Gasteiger partial charge in [0.2, 0.25) is 0 Å². The van der Waals surface area contributed by atoms with Gasteiger partial charge in [0.1, 0.15) is 17.5 Å². The molecule has 6 nitrogen and oxygen atoms in total. The van der Waals surface area contributed by atoms with Crippen molar-refractivity contribution in [3.63, 3.8) is 0 Å². The van der Waals surface area contributed by atoms with E-state index in [0.29, 0.717) is 25.2 Å². The fraction of sp³-hybridized carbons (Fsp3) is 0.696. The number of carbonyl (C=O) groups is 1. The van der Waals surface area contributed by atoms with Gasteiger partial charge >= 0.3 is 6.09 Å². The molecule has 2 aliphatic rings. The summed E-state index contributed by atoms with van der Waals surface area (Å²) in [5.41, 5.74) is 3.19. The Morgan fingerprint density at radius 1 is 1.07 bits per heavy atom. The maximum Gasteiger partial charge on any atom is 0.410 e. The monoisotopic (exact) mass is 403 g/mol. The fourth-order valence-corrected chi connectivity index (χ4v) is 3.97. The minimum absolute atomic E-state index is 0.0172. The number of ether oxygens (including phenoxy) is 2. The third-order valence-corrected chi connectivity index (χ3v) is 5.94. The van der Waals surface area contributed by atoms with Crippen molar-refractivity contribution in [3.05, 3.63) is 23.3 Å². The number of aryl methyl sites for hydroxylation is 1. The summed E-state index contributed by atoms with van der Waals surface area (Å²) in [5.74, 6) is 0.869. The lowest BCUT2D eigenvalue weighted by Gasteiger charge is -2.39. The number of nitrogens with one attached hydrogen (secondary N) is 2. The number of carbonyl (C=O) groups excluding carboxylic acids is 1. The zero-order valence-corrected chi connectivity index (χ0v) is 18.8. The Morgan fingerprint density at radius 2 is 1.69 bits per heavy atom. The summed E-state index contributed by atoms with van der Waals surface area (Å²) in [6.45, 7) is 11.1. The molecular formula is C23H37N3O3. The molecule has 6 heteroatoms. The summed E-state index contributed by atoms with van der Waals surface area (Å²) in [6, 6.07) is 5.37. The Bertz CT molecular complexity index is 715. The summed E-state index contributed by atoms with van der Waals surface area (Å²) in [6.07, 6.45) is 4.54. The van der Waals surface area contributed by atoms with Crippen molar-refractivity contribution < 1.29 is 14.3 Å². The van der Waals surface area contributed by atoms with Crippen LogP contribution in [0, 0.1) is 13.8 Å². The third-order valence-electron chi connectivity index (χ3n) is 5.94. The van der Waals surface area contributed by atoms with Gasteiger partial charge in [-0.05, 0) is 84.5 Å². The number of hydrogen-bond donors (Lipinski definition) is 2. The van der Waals surface area contributed by atoms with Gasteiger partial charge in [0, 0.05) is 23.8 Å². The van der Waals surface area contributed by atoms with Crippen LogP contribution < -0.4 is 15.4 Å². The van der Waals surface area contributed by atoms with E-state index in [1.54, 1.807) is 4.90 Å². The van der Waals surface area contributed by atoms with Crippen LogP contribution >= 0.6 is 0 Å². The van der Waals surface area contributed by atoms with Gasteiger partial charge in [0.05, 0.1) is 13.1 Å². The molecular weight excluding hydrogens is 366 g/mol. The van der Waals surface area contributed by atoms with Crippen LogP contribution in [0.15, 0.2) is 12.1 Å². The molecule has 3 rings (SSSR count). The second kappa shape index (κ2) is 8.82. The topological polar surface area (TPSA) is 62.8 Å². The number of nitrogens with zero attached hydrogens (tertiary/aromatic N) is 1. The van der Waals surface area contributed by atoms with E-state index in [1.807, 2.05) is 20.8 Å². The van der Waals surface area contributed by atoms with E-state index >= 15 is 0 Å². The normalized spacial score (nSPS) is 22.8. The van der Waals surface area contributed by atoms with Crippen LogP contribution in [0.5, 0.6) is 5.75 Å². The number of amides is 1. The molecule has 1 heterocycles. The minimum atomic E-state index is -0.468. The summed E-state index contributed by atoms with van der Waals surface area (Å²) < 4.78 is 11.6. The van der Waals surface area contributed by atoms with Crippen LogP contribution in [-0.2, 0) is 4.74 Å². The van der Waals surface area contributed by atoms with Gasteiger partial charge in [-0.15, -0.1) is 0 Å². The van der Waals surface area contributed by atoms with Crippen molar-refractivity contribution in [2.45, 2.75) is 84.1 Å². The first-order chi connectivity index (χ1) is 13.6. The van der Waals surface area contributed by atoms with Crippen molar-refractivity contribution in [3.8, 4) is 5.75 Å². The molecule has 1 aromatic carbocycles. The Balaban J connectivity index is 1.55. The van der Waals surface area contributed by atoms with Gasteiger partial charge in [-0.3, -0.25) is 0 Å². The maximum absolute atomic E-state index is 12.1. The van der Waals surface area contributed by atoms with E-state index in [-0.39, 0.29) is 12.2 Å². The van der Waals surface area contributed by atoms with Crippen LogP contribution in [-0.4, -0.2) is 54.9 Å². The highest BCUT2D eigenvalue weighted by molar-refractivity contribution is 5.69. The summed E-state index contributed by atoms with van der Waals surface area (Å²) >= 11 is 0. The molecule has 1 saturated heterocycles. The minimum Gasteiger partial charge on any atom is -0.487 e. The van der Waals surface area contributed by atoms with Gasteiger partial charge in [0.15, 0.2) is 0 Å². The van der Waals surface area contributed by atoms with E-state index < -0.39 is 5.60 Å². The van der Waals surface area contributed by atoms with E-state index in [2.05, 4.69) is 43.7 Å². The lowest BCUT2D eigenvalue weighted by Crippen LogP contribution is -2.57. The average molecular weight is 404 g/mol. The smallest absolute Gasteiger partial charge is 0.410 e. The molecule has 1 aromatic rings. The van der Waals surface area contributed by atoms with Crippen LogP contribution in [0.25, 0.3) is 0 Å². The average Bonchev–Trinajstić information content (AvgIpc) is 2.61. The number of anilines is 1. The van der Waals surface area contributed by atoms with Crippen molar-refractivity contribution in [2.75, 3.05) is 25.5 Å². The largest absolute Gasteiger partial charge is 0.487 e.